The molecule has 0 aliphatic carbocycles. The number of nitrogens with one attached hydrogen (secondary N) is 1. The number of carbonyl (C=O) groups excluding carboxylic acids is 1. The Morgan fingerprint density at radius 1 is 1.41 bits per heavy atom. The fourth-order valence-corrected chi connectivity index (χ4v) is 4.93. The number of rotatable bonds is 6. The smallest absolute Gasteiger partial charge is 0.294 e. The zero-order valence-corrected chi connectivity index (χ0v) is 16.1. The first-order chi connectivity index (χ1) is 12.6. The summed E-state index contributed by atoms with van der Waals surface area (Å²) in [4.78, 5) is 13.6. The second-order valence-electron chi connectivity index (χ2n) is 6.00. The van der Waals surface area contributed by atoms with Crippen molar-refractivity contribution in [3.05, 3.63) is 36.0 Å². The van der Waals surface area contributed by atoms with Gasteiger partial charge in [0.25, 0.3) is 16.0 Å². The van der Waals surface area contributed by atoms with Crippen LogP contribution in [0.4, 0.5) is 5.69 Å². The van der Waals surface area contributed by atoms with E-state index in [9.17, 15) is 26.9 Å². The Balaban J connectivity index is 2.15. The van der Waals surface area contributed by atoms with Gasteiger partial charge < -0.3 is 10.2 Å². The zero-order chi connectivity index (χ0) is 20.2. The Morgan fingerprint density at radius 3 is 2.48 bits per heavy atom. The van der Waals surface area contributed by atoms with Gasteiger partial charge in [0.15, 0.2) is 9.84 Å². The molecule has 11 heteroatoms. The van der Waals surface area contributed by atoms with Crippen LogP contribution in [0.25, 0.3) is 0 Å². The average molecular weight is 413 g/mol. The molecule has 1 aliphatic heterocycles. The first-order valence-corrected chi connectivity index (χ1v) is 11.3. The molecule has 1 fully saturated rings. The van der Waals surface area contributed by atoms with Crippen molar-refractivity contribution in [1.82, 2.24) is 4.90 Å². The first kappa shape index (κ1) is 20.9. The number of nitrogens with zero attached hydrogens (tertiary/aromatic N) is 2. The Hall–Kier alpha value is -2.42. The fourth-order valence-electron chi connectivity index (χ4n) is 2.70. The van der Waals surface area contributed by atoms with Crippen LogP contribution in [-0.2, 0) is 24.7 Å². The summed E-state index contributed by atoms with van der Waals surface area (Å²) in [6.45, 7) is 2.23. The van der Waals surface area contributed by atoms with Crippen molar-refractivity contribution in [3.8, 4) is 6.07 Å². The second-order valence-corrected chi connectivity index (χ2v) is 9.65. The fraction of sp³-hybridized carbons (Fsp3) is 0.375. The second kappa shape index (κ2) is 8.08. The van der Waals surface area contributed by atoms with Crippen molar-refractivity contribution in [3.63, 3.8) is 0 Å². The highest BCUT2D eigenvalue weighted by Crippen LogP contribution is 2.19. The molecular weight excluding hydrogens is 394 g/mol. The van der Waals surface area contributed by atoms with Crippen LogP contribution in [0.3, 0.4) is 0 Å². The van der Waals surface area contributed by atoms with Crippen LogP contribution in [-0.4, -0.2) is 56.3 Å². The van der Waals surface area contributed by atoms with Gasteiger partial charge in [-0.3, -0.25) is 9.35 Å². The highest BCUT2D eigenvalue weighted by molar-refractivity contribution is 7.91. The van der Waals surface area contributed by atoms with Crippen LogP contribution in [0.1, 0.15) is 13.3 Å². The van der Waals surface area contributed by atoms with E-state index in [0.29, 0.717) is 13.0 Å². The van der Waals surface area contributed by atoms with Gasteiger partial charge in [-0.2, -0.15) is 13.7 Å². The molecule has 1 unspecified atom stereocenters. The third kappa shape index (κ3) is 5.53. The summed E-state index contributed by atoms with van der Waals surface area (Å²) in [6.07, 6.45) is 1.78. The predicted octanol–water partition coefficient (Wildman–Crippen LogP) is 0.788. The quantitative estimate of drug-likeness (QED) is 0.395. The topological polar surface area (TPSA) is 145 Å². The van der Waals surface area contributed by atoms with E-state index in [2.05, 4.69) is 5.32 Å². The van der Waals surface area contributed by atoms with E-state index in [-0.39, 0.29) is 33.7 Å². The van der Waals surface area contributed by atoms with Crippen LogP contribution >= 0.6 is 0 Å². The van der Waals surface area contributed by atoms with E-state index in [0.717, 1.165) is 12.1 Å². The highest BCUT2D eigenvalue weighted by atomic mass is 32.2. The normalized spacial score (nSPS) is 19.3. The van der Waals surface area contributed by atoms with E-state index in [1.807, 2.05) is 0 Å². The van der Waals surface area contributed by atoms with E-state index in [4.69, 9.17) is 4.55 Å². The number of anilines is 1. The van der Waals surface area contributed by atoms with Crippen molar-refractivity contribution in [2.24, 2.45) is 0 Å². The van der Waals surface area contributed by atoms with Crippen molar-refractivity contribution in [2.75, 3.05) is 23.4 Å². The van der Waals surface area contributed by atoms with Crippen molar-refractivity contribution >= 4 is 31.5 Å². The van der Waals surface area contributed by atoms with Crippen LogP contribution < -0.4 is 5.32 Å². The lowest BCUT2D eigenvalue weighted by molar-refractivity contribution is -0.112. The first-order valence-electron chi connectivity index (χ1n) is 8.02. The summed E-state index contributed by atoms with van der Waals surface area (Å²) in [7, 11) is -7.44. The molecule has 0 bridgehead atoms. The summed E-state index contributed by atoms with van der Waals surface area (Å²) in [5.74, 6) is -0.651. The molecule has 0 aromatic heterocycles. The van der Waals surface area contributed by atoms with Gasteiger partial charge in [0.1, 0.15) is 11.6 Å². The van der Waals surface area contributed by atoms with Gasteiger partial charge >= 0.3 is 0 Å². The molecule has 0 saturated carbocycles. The van der Waals surface area contributed by atoms with E-state index in [1.165, 1.54) is 18.3 Å². The number of carbonyl (C=O) groups is 1. The minimum Gasteiger partial charge on any atom is -0.372 e. The van der Waals surface area contributed by atoms with Gasteiger partial charge in [0, 0.05) is 24.5 Å². The van der Waals surface area contributed by atoms with Crippen molar-refractivity contribution in [2.45, 2.75) is 24.3 Å². The Morgan fingerprint density at radius 2 is 2.04 bits per heavy atom. The molecule has 1 atom stereocenters. The molecule has 0 spiro atoms. The lowest BCUT2D eigenvalue weighted by atomic mass is 10.2. The van der Waals surface area contributed by atoms with E-state index < -0.39 is 25.9 Å². The summed E-state index contributed by atoms with van der Waals surface area (Å²) in [5.41, 5.74) is 0.0278. The molecule has 1 amide bonds. The van der Waals surface area contributed by atoms with Gasteiger partial charge in [-0.1, -0.05) is 0 Å². The molecule has 2 rings (SSSR count). The molecule has 2 N–H and O–H groups in total. The van der Waals surface area contributed by atoms with Crippen LogP contribution in [0.15, 0.2) is 40.9 Å². The van der Waals surface area contributed by atoms with Crippen LogP contribution in [0, 0.1) is 11.3 Å². The van der Waals surface area contributed by atoms with Crippen LogP contribution in [0.5, 0.6) is 0 Å². The van der Waals surface area contributed by atoms with Crippen molar-refractivity contribution in [1.29, 1.82) is 5.26 Å². The molecule has 1 aliphatic rings. The zero-order valence-electron chi connectivity index (χ0n) is 14.5. The lowest BCUT2D eigenvalue weighted by Crippen LogP contribution is -2.32. The molecule has 1 saturated heterocycles. The third-order valence-corrected chi connectivity index (χ3v) is 6.73. The third-order valence-electron chi connectivity index (χ3n) is 4.11. The minimum absolute atomic E-state index is 0.0191. The minimum atomic E-state index is -4.34. The monoisotopic (exact) mass is 413 g/mol. The predicted molar refractivity (Wildman–Crippen MR) is 98.0 cm³/mol. The number of hydrogen-bond acceptors (Lipinski definition) is 7. The average Bonchev–Trinajstić information content (AvgIpc) is 2.95. The van der Waals surface area contributed by atoms with Gasteiger partial charge in [0.2, 0.25) is 0 Å². The molecule has 1 aromatic rings. The Labute approximate surface area is 158 Å². The van der Waals surface area contributed by atoms with E-state index >= 15 is 0 Å². The summed E-state index contributed by atoms with van der Waals surface area (Å²) < 4.78 is 54.2. The molecule has 1 aromatic carbocycles. The highest BCUT2D eigenvalue weighted by Gasteiger charge is 2.31. The molecule has 9 nitrogen and oxygen atoms in total. The summed E-state index contributed by atoms with van der Waals surface area (Å²) >= 11 is 0. The molecule has 146 valence electrons. The number of sulfone groups is 1. The largest absolute Gasteiger partial charge is 0.372 e. The number of benzene rings is 1. The maximum Gasteiger partial charge on any atom is 0.294 e. The number of amides is 1. The summed E-state index contributed by atoms with van der Waals surface area (Å²) in [5, 5.41) is 11.7. The Kier molecular flexibility index (Phi) is 6.25. The van der Waals surface area contributed by atoms with Crippen LogP contribution in [0.2, 0.25) is 0 Å². The number of hydrogen-bond donors (Lipinski definition) is 2. The maximum absolute atomic E-state index is 12.3. The maximum atomic E-state index is 12.3. The van der Waals surface area contributed by atoms with Gasteiger partial charge in [0.05, 0.1) is 16.4 Å². The van der Waals surface area contributed by atoms with E-state index in [1.54, 1.807) is 17.9 Å². The molecule has 27 heavy (non-hydrogen) atoms. The van der Waals surface area contributed by atoms with Crippen molar-refractivity contribution < 1.29 is 26.2 Å². The summed E-state index contributed by atoms with van der Waals surface area (Å²) in [6, 6.07) is 6.28. The molecule has 1 heterocycles. The van der Waals surface area contributed by atoms with Gasteiger partial charge in [-0.25, -0.2) is 8.42 Å². The standard InChI is InChI=1S/C16H19N3O6S2/c1-2-19(14-7-8-26(21,22)11-14)10-12(9-17)16(20)18-13-3-5-15(6-4-13)27(23,24)25/h3-6,10,14H,2,7-8,11H2,1H3,(H,18,20)(H,23,24,25)/b12-10-. The molecule has 0 radical (unpaired) electrons. The SMILES string of the molecule is CCN(/C=C(/C#N)C(=O)Nc1ccc(S(=O)(=O)O)cc1)C1CCS(=O)(=O)C1. The van der Waals surface area contributed by atoms with Gasteiger partial charge in [-0.15, -0.1) is 0 Å². The lowest BCUT2D eigenvalue weighted by Gasteiger charge is -2.25. The Bertz CT molecular complexity index is 992. The number of nitriles is 1. The van der Waals surface area contributed by atoms with Gasteiger partial charge in [-0.05, 0) is 37.6 Å². The molecular formula is C16H19N3O6S2.